The van der Waals surface area contributed by atoms with E-state index < -0.39 is 0 Å². The molecule has 6 nitrogen and oxygen atoms in total. The molecular weight excluding hydrogens is 340 g/mol. The van der Waals surface area contributed by atoms with Crippen molar-refractivity contribution in [1.82, 2.24) is 14.8 Å². The standard InChI is InChI=1S/C21H20N4O2/c1-2-13-5-7-14(8-6-13)20-19-16(24-21-22-12-23-25(20)21)10-15(11-17(19)26)18-4-3-9-27-18/h3-9,12,15,20H,2,10-11H2,1H3,(H,22,23,24)/t15-,20+/m0/s1. The largest absolute Gasteiger partial charge is 0.469 e. The second-order valence-electron chi connectivity index (χ2n) is 7.09. The number of aromatic nitrogens is 3. The normalized spacial score (nSPS) is 21.6. The van der Waals surface area contributed by atoms with Crippen molar-refractivity contribution in [2.75, 3.05) is 5.32 Å². The Hall–Kier alpha value is -3.15. The number of rotatable bonds is 3. The van der Waals surface area contributed by atoms with Gasteiger partial charge in [-0.3, -0.25) is 4.79 Å². The SMILES string of the molecule is CCc1ccc([C@@H]2C3=C(C[C@H](c4ccco4)CC3=O)Nc3ncnn32)cc1. The second kappa shape index (κ2) is 6.23. The maximum atomic E-state index is 13.2. The molecule has 0 radical (unpaired) electrons. The van der Waals surface area contributed by atoms with E-state index in [1.54, 1.807) is 6.26 Å². The Kier molecular flexibility index (Phi) is 3.70. The number of benzene rings is 1. The van der Waals surface area contributed by atoms with Crippen molar-refractivity contribution in [2.24, 2.45) is 0 Å². The van der Waals surface area contributed by atoms with Gasteiger partial charge in [-0.15, -0.1) is 0 Å². The van der Waals surface area contributed by atoms with Crippen molar-refractivity contribution in [1.29, 1.82) is 0 Å². The molecule has 1 aliphatic heterocycles. The number of nitrogens with zero attached hydrogens (tertiary/aromatic N) is 3. The Labute approximate surface area is 156 Å². The summed E-state index contributed by atoms with van der Waals surface area (Å²) in [6, 6.07) is 12.0. The van der Waals surface area contributed by atoms with Crippen LogP contribution in [0.25, 0.3) is 0 Å². The first-order valence-corrected chi connectivity index (χ1v) is 9.29. The summed E-state index contributed by atoms with van der Waals surface area (Å²) in [6.45, 7) is 2.13. The number of ketones is 1. The summed E-state index contributed by atoms with van der Waals surface area (Å²) in [5.74, 6) is 1.71. The third kappa shape index (κ3) is 2.60. The van der Waals surface area contributed by atoms with E-state index >= 15 is 0 Å². The van der Waals surface area contributed by atoms with Crippen LogP contribution < -0.4 is 5.32 Å². The van der Waals surface area contributed by atoms with Crippen molar-refractivity contribution in [3.05, 3.63) is 77.1 Å². The van der Waals surface area contributed by atoms with Crippen LogP contribution in [-0.4, -0.2) is 20.5 Å². The van der Waals surface area contributed by atoms with Crippen molar-refractivity contribution >= 4 is 11.7 Å². The fourth-order valence-electron chi connectivity index (χ4n) is 4.12. The fraction of sp³-hybridized carbons (Fsp3) is 0.286. The Bertz CT molecular complexity index is 1010. The zero-order valence-electron chi connectivity index (χ0n) is 15.1. The monoisotopic (exact) mass is 360 g/mol. The van der Waals surface area contributed by atoms with Gasteiger partial charge in [-0.05, 0) is 36.1 Å². The van der Waals surface area contributed by atoms with E-state index in [2.05, 4.69) is 46.6 Å². The van der Waals surface area contributed by atoms with E-state index in [-0.39, 0.29) is 17.7 Å². The Balaban J connectivity index is 1.60. The van der Waals surface area contributed by atoms with Gasteiger partial charge in [0.1, 0.15) is 18.1 Å². The van der Waals surface area contributed by atoms with Crippen LogP contribution in [0.1, 0.15) is 48.6 Å². The van der Waals surface area contributed by atoms with Gasteiger partial charge in [0.2, 0.25) is 5.95 Å². The number of Topliss-reactive ketones (excluding diaryl/α,β-unsaturated/α-hetero) is 1. The zero-order valence-corrected chi connectivity index (χ0v) is 15.1. The molecule has 0 unspecified atom stereocenters. The molecule has 1 aliphatic carbocycles. The van der Waals surface area contributed by atoms with Crippen LogP contribution >= 0.6 is 0 Å². The molecule has 0 spiro atoms. The van der Waals surface area contributed by atoms with E-state index in [0.29, 0.717) is 12.4 Å². The van der Waals surface area contributed by atoms with E-state index in [0.717, 1.165) is 35.4 Å². The van der Waals surface area contributed by atoms with Gasteiger partial charge >= 0.3 is 0 Å². The maximum Gasteiger partial charge on any atom is 0.226 e. The van der Waals surface area contributed by atoms with Crippen LogP contribution in [0.2, 0.25) is 0 Å². The van der Waals surface area contributed by atoms with Crippen LogP contribution in [0.4, 0.5) is 5.95 Å². The number of furan rings is 1. The average Bonchev–Trinajstić information content (AvgIpc) is 3.38. The topological polar surface area (TPSA) is 73.0 Å². The first-order valence-electron chi connectivity index (χ1n) is 9.29. The number of fused-ring (bicyclic) bond motifs is 1. The minimum absolute atomic E-state index is 0.0522. The highest BCUT2D eigenvalue weighted by molar-refractivity contribution is 6.00. The third-order valence-corrected chi connectivity index (χ3v) is 5.51. The Morgan fingerprint density at radius 2 is 2.07 bits per heavy atom. The average molecular weight is 360 g/mol. The molecular formula is C21H20N4O2. The smallest absolute Gasteiger partial charge is 0.226 e. The van der Waals surface area contributed by atoms with Gasteiger partial charge in [-0.1, -0.05) is 31.2 Å². The molecule has 5 rings (SSSR count). The number of hydrogen-bond acceptors (Lipinski definition) is 5. The molecule has 1 N–H and O–H groups in total. The molecule has 0 fully saturated rings. The number of hydrogen-bond donors (Lipinski definition) is 1. The van der Waals surface area contributed by atoms with E-state index in [4.69, 9.17) is 4.42 Å². The summed E-state index contributed by atoms with van der Waals surface area (Å²) in [5, 5.41) is 7.72. The summed E-state index contributed by atoms with van der Waals surface area (Å²) in [6.07, 6.45) is 5.35. The summed E-state index contributed by atoms with van der Waals surface area (Å²) in [4.78, 5) is 17.5. The van der Waals surface area contributed by atoms with Gasteiger partial charge in [0, 0.05) is 23.6 Å². The molecule has 2 aromatic heterocycles. The van der Waals surface area contributed by atoms with Crippen LogP contribution in [-0.2, 0) is 11.2 Å². The van der Waals surface area contributed by atoms with E-state index in [1.807, 2.05) is 16.8 Å². The summed E-state index contributed by atoms with van der Waals surface area (Å²) < 4.78 is 7.37. The van der Waals surface area contributed by atoms with Gasteiger partial charge in [0.15, 0.2) is 5.78 Å². The van der Waals surface area contributed by atoms with Crippen molar-refractivity contribution in [3.63, 3.8) is 0 Å². The molecule has 3 aromatic rings. The van der Waals surface area contributed by atoms with Gasteiger partial charge in [-0.2, -0.15) is 10.1 Å². The molecule has 0 saturated carbocycles. The molecule has 0 saturated heterocycles. The minimum atomic E-state index is -0.241. The zero-order chi connectivity index (χ0) is 18.4. The van der Waals surface area contributed by atoms with E-state index in [1.165, 1.54) is 11.9 Å². The van der Waals surface area contributed by atoms with Crippen LogP contribution in [0.3, 0.4) is 0 Å². The van der Waals surface area contributed by atoms with Crippen molar-refractivity contribution in [3.8, 4) is 0 Å². The molecule has 2 atom stereocenters. The molecule has 136 valence electrons. The molecule has 1 aromatic carbocycles. The first kappa shape index (κ1) is 16.1. The molecule has 0 bridgehead atoms. The predicted molar refractivity (Wildman–Crippen MR) is 100 cm³/mol. The van der Waals surface area contributed by atoms with Crippen LogP contribution in [0.15, 0.2) is 64.7 Å². The Morgan fingerprint density at radius 1 is 1.22 bits per heavy atom. The molecule has 3 heterocycles. The first-order chi connectivity index (χ1) is 13.2. The number of aryl methyl sites for hydroxylation is 1. The lowest BCUT2D eigenvalue weighted by Crippen LogP contribution is -2.33. The molecule has 2 aliphatic rings. The number of carbonyl (C=O) groups is 1. The maximum absolute atomic E-state index is 13.2. The number of allylic oxidation sites excluding steroid dienone is 2. The van der Waals surface area contributed by atoms with Crippen LogP contribution in [0.5, 0.6) is 0 Å². The quantitative estimate of drug-likeness (QED) is 0.768. The number of anilines is 1. The minimum Gasteiger partial charge on any atom is -0.469 e. The molecule has 27 heavy (non-hydrogen) atoms. The third-order valence-electron chi connectivity index (χ3n) is 5.51. The lowest BCUT2D eigenvalue weighted by atomic mass is 9.79. The summed E-state index contributed by atoms with van der Waals surface area (Å²) in [7, 11) is 0. The number of carbonyl (C=O) groups excluding carboxylic acids is 1. The van der Waals surface area contributed by atoms with Gasteiger partial charge in [0.05, 0.1) is 6.26 Å². The molecule has 6 heteroatoms. The highest BCUT2D eigenvalue weighted by Gasteiger charge is 2.39. The lowest BCUT2D eigenvalue weighted by molar-refractivity contribution is -0.117. The van der Waals surface area contributed by atoms with Crippen molar-refractivity contribution < 1.29 is 9.21 Å². The molecule has 0 amide bonds. The van der Waals surface area contributed by atoms with E-state index in [9.17, 15) is 4.79 Å². The van der Waals surface area contributed by atoms with Gasteiger partial charge < -0.3 is 9.73 Å². The summed E-state index contributed by atoms with van der Waals surface area (Å²) >= 11 is 0. The van der Waals surface area contributed by atoms with Crippen LogP contribution in [0, 0.1) is 0 Å². The summed E-state index contributed by atoms with van der Waals surface area (Å²) in [5.41, 5.74) is 4.05. The highest BCUT2D eigenvalue weighted by atomic mass is 16.3. The van der Waals surface area contributed by atoms with Crippen molar-refractivity contribution in [2.45, 2.75) is 38.1 Å². The fourth-order valence-corrected chi connectivity index (χ4v) is 4.12. The second-order valence-corrected chi connectivity index (χ2v) is 7.09. The Morgan fingerprint density at radius 3 is 2.81 bits per heavy atom. The predicted octanol–water partition coefficient (Wildman–Crippen LogP) is 3.85. The lowest BCUT2D eigenvalue weighted by Gasteiger charge is -2.34. The highest BCUT2D eigenvalue weighted by Crippen LogP contribution is 2.43. The number of nitrogens with one attached hydrogen (secondary N) is 1. The van der Waals surface area contributed by atoms with Gasteiger partial charge in [-0.25, -0.2) is 4.68 Å². The van der Waals surface area contributed by atoms with Gasteiger partial charge in [0.25, 0.3) is 0 Å².